The van der Waals surface area contributed by atoms with Gasteiger partial charge in [0, 0.05) is 0 Å². The zero-order valence-electron chi connectivity index (χ0n) is 18.5. The van der Waals surface area contributed by atoms with Gasteiger partial charge in [-0.05, 0) is 62.2 Å². The van der Waals surface area contributed by atoms with Crippen LogP contribution in [-0.4, -0.2) is 34.0 Å². The maximum atomic E-state index is 13.3. The van der Waals surface area contributed by atoms with Gasteiger partial charge in [0.15, 0.2) is 0 Å². The van der Waals surface area contributed by atoms with Gasteiger partial charge in [-0.15, -0.1) is 0 Å². The Labute approximate surface area is 189 Å². The van der Waals surface area contributed by atoms with Crippen molar-refractivity contribution in [1.82, 2.24) is 5.32 Å². The second-order valence-electron chi connectivity index (χ2n) is 7.63. The molecular formula is C25H28N2O4S. The van der Waals surface area contributed by atoms with Gasteiger partial charge in [-0.1, -0.05) is 48.0 Å². The van der Waals surface area contributed by atoms with Crippen molar-refractivity contribution in [2.75, 3.05) is 24.0 Å². The summed E-state index contributed by atoms with van der Waals surface area (Å²) in [4.78, 5) is 12.8. The van der Waals surface area contributed by atoms with Crippen molar-refractivity contribution >= 4 is 21.6 Å². The molecule has 3 rings (SSSR count). The lowest BCUT2D eigenvalue weighted by atomic mass is 10.1. The summed E-state index contributed by atoms with van der Waals surface area (Å²) in [5.74, 6) is 0.362. The van der Waals surface area contributed by atoms with E-state index >= 15 is 0 Å². The van der Waals surface area contributed by atoms with Crippen molar-refractivity contribution in [1.29, 1.82) is 0 Å². The molecule has 0 bridgehead atoms. The summed E-state index contributed by atoms with van der Waals surface area (Å²) in [6.07, 6.45) is 0. The van der Waals surface area contributed by atoms with Crippen LogP contribution in [0, 0.1) is 20.8 Å². The minimum atomic E-state index is -3.91. The molecule has 3 aromatic rings. The number of carbonyl (C=O) groups is 1. The Balaban J connectivity index is 1.68. The number of aryl methyl sites for hydroxylation is 3. The van der Waals surface area contributed by atoms with Crippen LogP contribution in [0.3, 0.4) is 0 Å². The molecule has 1 amide bonds. The van der Waals surface area contributed by atoms with Crippen LogP contribution in [0.2, 0.25) is 0 Å². The summed E-state index contributed by atoms with van der Waals surface area (Å²) < 4.78 is 33.5. The third kappa shape index (κ3) is 5.88. The number of rotatable bonds is 9. The molecule has 0 aromatic heterocycles. The van der Waals surface area contributed by atoms with Gasteiger partial charge in [0.05, 0.1) is 17.1 Å². The van der Waals surface area contributed by atoms with Crippen molar-refractivity contribution in [3.05, 3.63) is 89.5 Å². The summed E-state index contributed by atoms with van der Waals surface area (Å²) >= 11 is 0. The van der Waals surface area contributed by atoms with Gasteiger partial charge in [0.1, 0.15) is 18.9 Å². The van der Waals surface area contributed by atoms with Gasteiger partial charge in [-0.3, -0.25) is 9.10 Å². The van der Waals surface area contributed by atoms with Crippen LogP contribution in [0.1, 0.15) is 16.7 Å². The fourth-order valence-electron chi connectivity index (χ4n) is 3.15. The molecule has 0 fully saturated rings. The van der Waals surface area contributed by atoms with Crippen LogP contribution < -0.4 is 14.4 Å². The van der Waals surface area contributed by atoms with E-state index in [0.717, 1.165) is 26.7 Å². The molecule has 32 heavy (non-hydrogen) atoms. The minimum absolute atomic E-state index is 0.137. The van der Waals surface area contributed by atoms with E-state index in [4.69, 9.17) is 4.74 Å². The highest BCUT2D eigenvalue weighted by Gasteiger charge is 2.27. The molecule has 0 aliphatic rings. The standard InChI is InChI=1S/C25H28N2O4S/c1-19-10-13-23(14-11-19)32(29,30)27(22-7-5-4-6-8-22)18-25(28)26-15-16-31-24-17-20(2)9-12-21(24)3/h4-14,17H,15-16,18H2,1-3H3,(H,26,28). The third-order valence-electron chi connectivity index (χ3n) is 4.97. The summed E-state index contributed by atoms with van der Waals surface area (Å²) in [6.45, 7) is 6.05. The lowest BCUT2D eigenvalue weighted by Gasteiger charge is -2.24. The van der Waals surface area contributed by atoms with Crippen LogP contribution >= 0.6 is 0 Å². The zero-order chi connectivity index (χ0) is 23.1. The molecule has 0 heterocycles. The van der Waals surface area contributed by atoms with Crippen LogP contribution in [-0.2, 0) is 14.8 Å². The number of carbonyl (C=O) groups excluding carboxylic acids is 1. The first-order valence-corrected chi connectivity index (χ1v) is 11.8. The normalized spacial score (nSPS) is 11.1. The number of sulfonamides is 1. The number of ether oxygens (including phenoxy) is 1. The number of nitrogens with zero attached hydrogens (tertiary/aromatic N) is 1. The SMILES string of the molecule is Cc1ccc(S(=O)(=O)N(CC(=O)NCCOc2cc(C)ccc2C)c2ccccc2)cc1. The van der Waals surface area contributed by atoms with Gasteiger partial charge >= 0.3 is 0 Å². The van der Waals surface area contributed by atoms with Crippen molar-refractivity contribution in [3.63, 3.8) is 0 Å². The van der Waals surface area contributed by atoms with E-state index in [2.05, 4.69) is 5.32 Å². The Morgan fingerprint density at radius 1 is 0.906 bits per heavy atom. The molecule has 0 aliphatic heterocycles. The molecular weight excluding hydrogens is 424 g/mol. The van der Waals surface area contributed by atoms with E-state index in [1.54, 1.807) is 54.6 Å². The van der Waals surface area contributed by atoms with E-state index in [0.29, 0.717) is 5.69 Å². The number of anilines is 1. The van der Waals surface area contributed by atoms with Crippen molar-refractivity contribution in [3.8, 4) is 5.75 Å². The average Bonchev–Trinajstić information content (AvgIpc) is 2.78. The van der Waals surface area contributed by atoms with E-state index in [1.807, 2.05) is 39.0 Å². The van der Waals surface area contributed by atoms with Crippen molar-refractivity contribution in [2.45, 2.75) is 25.7 Å². The van der Waals surface area contributed by atoms with E-state index < -0.39 is 15.9 Å². The highest BCUT2D eigenvalue weighted by atomic mass is 32.2. The molecule has 0 aliphatic carbocycles. The number of nitrogens with one attached hydrogen (secondary N) is 1. The predicted molar refractivity (Wildman–Crippen MR) is 127 cm³/mol. The first-order valence-electron chi connectivity index (χ1n) is 10.4. The van der Waals surface area contributed by atoms with Crippen LogP contribution in [0.15, 0.2) is 77.7 Å². The maximum Gasteiger partial charge on any atom is 0.264 e. The smallest absolute Gasteiger partial charge is 0.264 e. The lowest BCUT2D eigenvalue weighted by Crippen LogP contribution is -2.41. The highest BCUT2D eigenvalue weighted by molar-refractivity contribution is 7.92. The second-order valence-corrected chi connectivity index (χ2v) is 9.49. The van der Waals surface area contributed by atoms with Gasteiger partial charge in [0.25, 0.3) is 10.0 Å². The fourth-order valence-corrected chi connectivity index (χ4v) is 4.57. The number of amides is 1. The van der Waals surface area contributed by atoms with E-state index in [9.17, 15) is 13.2 Å². The zero-order valence-corrected chi connectivity index (χ0v) is 19.4. The molecule has 0 atom stereocenters. The molecule has 0 spiro atoms. The van der Waals surface area contributed by atoms with Gasteiger partial charge in [0.2, 0.25) is 5.91 Å². The molecule has 0 unspecified atom stereocenters. The molecule has 1 N–H and O–H groups in total. The first kappa shape index (κ1) is 23.3. The third-order valence-corrected chi connectivity index (χ3v) is 6.75. The number of para-hydroxylation sites is 1. The molecule has 0 saturated carbocycles. The molecule has 0 radical (unpaired) electrons. The Hall–Kier alpha value is -3.32. The topological polar surface area (TPSA) is 75.7 Å². The van der Waals surface area contributed by atoms with Crippen molar-refractivity contribution < 1.29 is 17.9 Å². The number of hydrogen-bond donors (Lipinski definition) is 1. The molecule has 168 valence electrons. The van der Waals surface area contributed by atoms with Crippen LogP contribution in [0.5, 0.6) is 5.75 Å². The lowest BCUT2D eigenvalue weighted by molar-refractivity contribution is -0.119. The van der Waals surface area contributed by atoms with Crippen LogP contribution in [0.25, 0.3) is 0 Å². The Morgan fingerprint density at radius 3 is 2.25 bits per heavy atom. The molecule has 7 heteroatoms. The minimum Gasteiger partial charge on any atom is -0.491 e. The van der Waals surface area contributed by atoms with Crippen molar-refractivity contribution in [2.24, 2.45) is 0 Å². The predicted octanol–water partition coefficient (Wildman–Crippen LogP) is 4.00. The largest absolute Gasteiger partial charge is 0.491 e. The van der Waals surface area contributed by atoms with Gasteiger partial charge in [-0.2, -0.15) is 0 Å². The fraction of sp³-hybridized carbons (Fsp3) is 0.240. The maximum absolute atomic E-state index is 13.3. The summed E-state index contributed by atoms with van der Waals surface area (Å²) in [6, 6.07) is 21.1. The average molecular weight is 453 g/mol. The van der Waals surface area contributed by atoms with E-state index in [-0.39, 0.29) is 24.6 Å². The summed E-state index contributed by atoms with van der Waals surface area (Å²) in [7, 11) is -3.91. The quantitative estimate of drug-likeness (QED) is 0.498. The van der Waals surface area contributed by atoms with Gasteiger partial charge in [-0.25, -0.2) is 8.42 Å². The summed E-state index contributed by atoms with van der Waals surface area (Å²) in [5.41, 5.74) is 3.49. The number of benzene rings is 3. The Bertz CT molecular complexity index is 1160. The molecule has 6 nitrogen and oxygen atoms in total. The van der Waals surface area contributed by atoms with Crippen LogP contribution in [0.4, 0.5) is 5.69 Å². The first-order chi connectivity index (χ1) is 15.3. The Kier molecular flexibility index (Phi) is 7.53. The Morgan fingerprint density at radius 2 is 1.56 bits per heavy atom. The van der Waals surface area contributed by atoms with Gasteiger partial charge < -0.3 is 10.1 Å². The monoisotopic (exact) mass is 452 g/mol. The number of hydrogen-bond acceptors (Lipinski definition) is 4. The second kappa shape index (κ2) is 10.3. The highest BCUT2D eigenvalue weighted by Crippen LogP contribution is 2.23. The van der Waals surface area contributed by atoms with E-state index in [1.165, 1.54) is 0 Å². The summed E-state index contributed by atoms with van der Waals surface area (Å²) in [5, 5.41) is 2.75. The molecule has 0 saturated heterocycles. The molecule has 3 aromatic carbocycles.